The molecule has 0 unspecified atom stereocenters. The van der Waals surface area contributed by atoms with Gasteiger partial charge >= 0.3 is 0 Å². The van der Waals surface area contributed by atoms with Crippen molar-refractivity contribution in [2.45, 2.75) is 0 Å². The van der Waals surface area contributed by atoms with Crippen LogP contribution in [0, 0.1) is 0 Å². The predicted octanol–water partition coefficient (Wildman–Crippen LogP) is 0.648. The lowest BCUT2D eigenvalue weighted by atomic mass is 10.3. The molecule has 0 aliphatic carbocycles. The Morgan fingerprint density at radius 2 is 1.86 bits per heavy atom. The molecule has 0 saturated heterocycles. The molecule has 0 aliphatic heterocycles. The molecule has 2 N–H and O–H groups in total. The quantitative estimate of drug-likeness (QED) is 0.756. The van der Waals surface area contributed by atoms with Gasteiger partial charge in [-0.3, -0.25) is 0 Å². The minimum atomic E-state index is -3.10. The van der Waals surface area contributed by atoms with Gasteiger partial charge in [-0.15, -0.1) is 0 Å². The van der Waals surface area contributed by atoms with E-state index in [1.54, 1.807) is 0 Å². The smallest absolute Gasteiger partial charge is 0.213 e. The number of sulfonamides is 1. The first-order valence-electron chi connectivity index (χ1n) is 4.34. The van der Waals surface area contributed by atoms with Crippen LogP contribution in [0.15, 0.2) is 30.3 Å². The van der Waals surface area contributed by atoms with Crippen molar-refractivity contribution < 1.29 is 8.42 Å². The van der Waals surface area contributed by atoms with E-state index in [2.05, 4.69) is 10.0 Å². The zero-order chi connectivity index (χ0) is 10.4. The van der Waals surface area contributed by atoms with Crippen LogP contribution in [-0.4, -0.2) is 27.8 Å². The first kappa shape index (κ1) is 11.0. The van der Waals surface area contributed by atoms with Crippen LogP contribution >= 0.6 is 0 Å². The second-order valence-corrected chi connectivity index (χ2v) is 4.86. The molecule has 78 valence electrons. The van der Waals surface area contributed by atoms with Gasteiger partial charge in [0.25, 0.3) is 0 Å². The molecule has 0 bridgehead atoms. The van der Waals surface area contributed by atoms with Crippen molar-refractivity contribution in [3.05, 3.63) is 30.3 Å². The summed E-state index contributed by atoms with van der Waals surface area (Å²) in [6.07, 6.45) is 0. The van der Waals surface area contributed by atoms with Crippen molar-refractivity contribution in [2.75, 3.05) is 24.7 Å². The third-order valence-electron chi connectivity index (χ3n) is 1.78. The maximum atomic E-state index is 11.0. The minimum absolute atomic E-state index is 0.0817. The Morgan fingerprint density at radius 1 is 1.21 bits per heavy atom. The molecular formula is C9H14N2O2S. The average Bonchev–Trinajstić information content (AvgIpc) is 2.19. The lowest BCUT2D eigenvalue weighted by Gasteiger charge is -2.05. The summed E-state index contributed by atoms with van der Waals surface area (Å²) in [5.74, 6) is 0.0817. The highest BCUT2D eigenvalue weighted by atomic mass is 32.2. The Kier molecular flexibility index (Phi) is 3.91. The highest BCUT2D eigenvalue weighted by molar-refractivity contribution is 7.89. The largest absolute Gasteiger partial charge is 0.384 e. The van der Waals surface area contributed by atoms with Gasteiger partial charge in [-0.25, -0.2) is 13.1 Å². The molecular weight excluding hydrogens is 200 g/mol. The molecule has 0 radical (unpaired) electrons. The number of rotatable bonds is 5. The van der Waals surface area contributed by atoms with Crippen LogP contribution in [0.25, 0.3) is 0 Å². The molecule has 5 heteroatoms. The number of benzene rings is 1. The summed E-state index contributed by atoms with van der Waals surface area (Å²) in [5.41, 5.74) is 0.929. The number of para-hydroxylation sites is 1. The van der Waals surface area contributed by atoms with Crippen LogP contribution < -0.4 is 10.0 Å². The van der Waals surface area contributed by atoms with Gasteiger partial charge in [-0.2, -0.15) is 0 Å². The second-order valence-electron chi connectivity index (χ2n) is 2.82. The molecule has 1 rings (SSSR count). The summed E-state index contributed by atoms with van der Waals surface area (Å²) in [5, 5.41) is 3.02. The number of hydrogen-bond acceptors (Lipinski definition) is 3. The third-order valence-corrected chi connectivity index (χ3v) is 3.15. The SMILES string of the molecule is CNS(=O)(=O)CCNc1ccccc1. The van der Waals surface area contributed by atoms with Gasteiger partial charge in [0.1, 0.15) is 0 Å². The van der Waals surface area contributed by atoms with E-state index in [1.165, 1.54) is 7.05 Å². The Bertz CT molecular complexity index is 362. The van der Waals surface area contributed by atoms with Crippen LogP contribution in [0.1, 0.15) is 0 Å². The van der Waals surface area contributed by atoms with E-state index in [9.17, 15) is 8.42 Å². The Labute approximate surface area is 84.4 Å². The van der Waals surface area contributed by atoms with Crippen molar-refractivity contribution in [1.82, 2.24) is 4.72 Å². The molecule has 0 atom stereocenters. The monoisotopic (exact) mass is 214 g/mol. The van der Waals surface area contributed by atoms with Gasteiger partial charge in [-0.05, 0) is 19.2 Å². The lowest BCUT2D eigenvalue weighted by Crippen LogP contribution is -2.26. The molecule has 0 fully saturated rings. The van der Waals surface area contributed by atoms with Crippen LogP contribution in [0.4, 0.5) is 5.69 Å². The van der Waals surface area contributed by atoms with Crippen LogP contribution in [0.5, 0.6) is 0 Å². The van der Waals surface area contributed by atoms with E-state index >= 15 is 0 Å². The van der Waals surface area contributed by atoms with E-state index in [-0.39, 0.29) is 5.75 Å². The van der Waals surface area contributed by atoms with Crippen molar-refractivity contribution in [3.63, 3.8) is 0 Å². The van der Waals surface area contributed by atoms with E-state index < -0.39 is 10.0 Å². The molecule has 0 aliphatic rings. The molecule has 1 aromatic rings. The summed E-state index contributed by atoms with van der Waals surface area (Å²) in [6.45, 7) is 0.410. The third kappa shape index (κ3) is 3.76. The minimum Gasteiger partial charge on any atom is -0.384 e. The molecule has 14 heavy (non-hydrogen) atoms. The van der Waals surface area contributed by atoms with Crippen molar-refractivity contribution >= 4 is 15.7 Å². The standard InChI is InChI=1S/C9H14N2O2S/c1-10-14(12,13)8-7-11-9-5-3-2-4-6-9/h2-6,10-11H,7-8H2,1H3. The highest BCUT2D eigenvalue weighted by Crippen LogP contribution is 2.03. The Morgan fingerprint density at radius 3 is 2.43 bits per heavy atom. The Hall–Kier alpha value is -1.07. The maximum Gasteiger partial charge on any atom is 0.213 e. The van der Waals surface area contributed by atoms with E-state index in [4.69, 9.17) is 0 Å². The van der Waals surface area contributed by atoms with Gasteiger partial charge < -0.3 is 5.32 Å². The van der Waals surface area contributed by atoms with Gasteiger partial charge in [0.2, 0.25) is 10.0 Å². The summed E-state index contributed by atoms with van der Waals surface area (Å²) in [4.78, 5) is 0. The first-order valence-corrected chi connectivity index (χ1v) is 5.99. The fourth-order valence-electron chi connectivity index (χ4n) is 0.988. The zero-order valence-electron chi connectivity index (χ0n) is 8.03. The first-order chi connectivity index (χ1) is 6.64. The van der Waals surface area contributed by atoms with Crippen LogP contribution in [0.2, 0.25) is 0 Å². The van der Waals surface area contributed by atoms with Crippen LogP contribution in [0.3, 0.4) is 0 Å². The van der Waals surface area contributed by atoms with Gasteiger partial charge in [0.15, 0.2) is 0 Å². The molecule has 0 spiro atoms. The van der Waals surface area contributed by atoms with Gasteiger partial charge in [0, 0.05) is 12.2 Å². The fourth-order valence-corrected chi connectivity index (χ4v) is 1.56. The average molecular weight is 214 g/mol. The van der Waals surface area contributed by atoms with Crippen molar-refractivity contribution in [1.29, 1.82) is 0 Å². The number of nitrogens with one attached hydrogen (secondary N) is 2. The van der Waals surface area contributed by atoms with Gasteiger partial charge in [0.05, 0.1) is 5.75 Å². The molecule has 1 aromatic carbocycles. The fraction of sp³-hybridized carbons (Fsp3) is 0.333. The van der Waals surface area contributed by atoms with Crippen molar-refractivity contribution in [3.8, 4) is 0 Å². The summed E-state index contributed by atoms with van der Waals surface area (Å²) < 4.78 is 24.3. The molecule has 0 amide bonds. The lowest BCUT2D eigenvalue weighted by molar-refractivity contribution is 0.588. The van der Waals surface area contributed by atoms with Crippen LogP contribution in [-0.2, 0) is 10.0 Å². The summed E-state index contributed by atoms with van der Waals surface area (Å²) in [7, 11) is -1.69. The van der Waals surface area contributed by atoms with E-state index in [0.717, 1.165) is 5.69 Å². The summed E-state index contributed by atoms with van der Waals surface area (Å²) in [6, 6.07) is 9.50. The predicted molar refractivity (Wildman–Crippen MR) is 57.8 cm³/mol. The molecule has 0 heterocycles. The highest BCUT2D eigenvalue weighted by Gasteiger charge is 2.04. The molecule has 0 aromatic heterocycles. The zero-order valence-corrected chi connectivity index (χ0v) is 8.84. The second kappa shape index (κ2) is 4.97. The van der Waals surface area contributed by atoms with E-state index in [0.29, 0.717) is 6.54 Å². The topological polar surface area (TPSA) is 58.2 Å². The molecule has 4 nitrogen and oxygen atoms in total. The number of anilines is 1. The normalized spacial score (nSPS) is 11.2. The van der Waals surface area contributed by atoms with Gasteiger partial charge in [-0.1, -0.05) is 18.2 Å². The van der Waals surface area contributed by atoms with E-state index in [1.807, 2.05) is 30.3 Å². The summed E-state index contributed by atoms with van der Waals surface area (Å²) >= 11 is 0. The number of hydrogen-bond donors (Lipinski definition) is 2. The Balaban J connectivity index is 2.37. The molecule has 0 saturated carbocycles. The maximum absolute atomic E-state index is 11.0. The van der Waals surface area contributed by atoms with Crippen molar-refractivity contribution in [2.24, 2.45) is 0 Å².